The maximum absolute atomic E-state index is 13.8. The van der Waals surface area contributed by atoms with E-state index in [1.807, 2.05) is 41.3 Å². The molecular weight excluding hydrogens is 458 g/mol. The van der Waals surface area contributed by atoms with Gasteiger partial charge in [0.1, 0.15) is 11.4 Å². The van der Waals surface area contributed by atoms with Crippen molar-refractivity contribution >= 4 is 11.8 Å². The third-order valence-corrected chi connectivity index (χ3v) is 6.78. The summed E-state index contributed by atoms with van der Waals surface area (Å²) in [6.07, 6.45) is 1.97. The molecule has 2 aliphatic rings. The highest BCUT2D eigenvalue weighted by Gasteiger charge is 2.30. The molecule has 1 atom stereocenters. The highest BCUT2D eigenvalue weighted by atomic mass is 16.5. The largest absolute Gasteiger partial charge is 0.497 e. The lowest BCUT2D eigenvalue weighted by molar-refractivity contribution is 0.0507. The number of carbonyl (C=O) groups is 1. The van der Waals surface area contributed by atoms with Crippen LogP contribution in [0.1, 0.15) is 34.3 Å². The van der Waals surface area contributed by atoms with Crippen LogP contribution in [0, 0.1) is 6.92 Å². The minimum absolute atomic E-state index is 0.0151. The Labute approximate surface area is 211 Å². The Morgan fingerprint density at radius 2 is 1.94 bits per heavy atom. The first-order valence-corrected chi connectivity index (χ1v) is 12.6. The van der Waals surface area contributed by atoms with Crippen LogP contribution >= 0.6 is 0 Å². The zero-order valence-corrected chi connectivity index (χ0v) is 20.9. The number of methoxy groups -OCH3 is 1. The first-order valence-electron chi connectivity index (χ1n) is 12.6. The number of rotatable bonds is 8. The molecule has 0 aliphatic carbocycles. The molecule has 36 heavy (non-hydrogen) atoms. The van der Waals surface area contributed by atoms with Gasteiger partial charge in [-0.2, -0.15) is 0 Å². The van der Waals surface area contributed by atoms with Crippen LogP contribution in [0.4, 0.5) is 5.88 Å². The minimum atomic E-state index is -0.0579. The van der Waals surface area contributed by atoms with Crippen LogP contribution in [0.15, 0.2) is 53.1 Å². The van der Waals surface area contributed by atoms with Crippen LogP contribution in [-0.2, 0) is 16.0 Å². The molecule has 2 aromatic carbocycles. The predicted molar refractivity (Wildman–Crippen MR) is 136 cm³/mol. The maximum Gasteiger partial charge on any atom is 0.254 e. The third-order valence-electron chi connectivity index (χ3n) is 6.78. The van der Waals surface area contributed by atoms with Crippen molar-refractivity contribution in [1.82, 2.24) is 10.1 Å². The van der Waals surface area contributed by atoms with E-state index in [4.69, 9.17) is 18.7 Å². The van der Waals surface area contributed by atoms with Crippen molar-refractivity contribution in [2.75, 3.05) is 51.5 Å². The molecule has 3 heterocycles. The molecule has 3 aromatic rings. The number of nitrogens with zero attached hydrogens (tertiary/aromatic N) is 3. The summed E-state index contributed by atoms with van der Waals surface area (Å²) in [6, 6.07) is 15.5. The highest BCUT2D eigenvalue weighted by Crippen LogP contribution is 2.34. The Morgan fingerprint density at radius 3 is 2.64 bits per heavy atom. The zero-order valence-electron chi connectivity index (χ0n) is 20.9. The Morgan fingerprint density at radius 1 is 1.14 bits per heavy atom. The highest BCUT2D eigenvalue weighted by molar-refractivity contribution is 5.94. The van der Waals surface area contributed by atoms with Crippen LogP contribution in [0.5, 0.6) is 5.75 Å². The molecule has 190 valence electrons. The van der Waals surface area contributed by atoms with Gasteiger partial charge in [0.25, 0.3) is 5.91 Å². The first-order chi connectivity index (χ1) is 17.6. The molecule has 8 heteroatoms. The van der Waals surface area contributed by atoms with Gasteiger partial charge in [-0.05, 0) is 50.1 Å². The second-order valence-electron chi connectivity index (χ2n) is 9.33. The summed E-state index contributed by atoms with van der Waals surface area (Å²) in [6.45, 7) is 6.35. The lowest BCUT2D eigenvalue weighted by atomic mass is 10.0. The molecule has 8 nitrogen and oxygen atoms in total. The van der Waals surface area contributed by atoms with E-state index in [-0.39, 0.29) is 12.0 Å². The summed E-state index contributed by atoms with van der Waals surface area (Å²) in [4.78, 5) is 17.8. The molecule has 0 N–H and O–H groups in total. The molecule has 5 rings (SSSR count). The summed E-state index contributed by atoms with van der Waals surface area (Å²) >= 11 is 0. The van der Waals surface area contributed by atoms with Gasteiger partial charge in [0.05, 0.1) is 38.5 Å². The number of amides is 1. The molecule has 1 aromatic heterocycles. The van der Waals surface area contributed by atoms with Gasteiger partial charge in [-0.3, -0.25) is 4.79 Å². The molecule has 2 aliphatic heterocycles. The fourth-order valence-corrected chi connectivity index (χ4v) is 4.84. The first kappa shape index (κ1) is 24.3. The van der Waals surface area contributed by atoms with Crippen molar-refractivity contribution in [2.45, 2.75) is 32.4 Å². The smallest absolute Gasteiger partial charge is 0.254 e. The molecule has 1 unspecified atom stereocenters. The normalized spacial score (nSPS) is 17.8. The molecule has 0 radical (unpaired) electrons. The van der Waals surface area contributed by atoms with E-state index in [0.29, 0.717) is 56.6 Å². The molecule has 0 spiro atoms. The van der Waals surface area contributed by atoms with E-state index in [9.17, 15) is 4.79 Å². The van der Waals surface area contributed by atoms with Gasteiger partial charge >= 0.3 is 0 Å². The summed E-state index contributed by atoms with van der Waals surface area (Å²) in [5.41, 5.74) is 4.39. The number of morpholine rings is 1. The molecular formula is C28H33N3O5. The monoisotopic (exact) mass is 491 g/mol. The van der Waals surface area contributed by atoms with Crippen molar-refractivity contribution < 1.29 is 23.5 Å². The van der Waals surface area contributed by atoms with Gasteiger partial charge in [0.2, 0.25) is 5.88 Å². The van der Waals surface area contributed by atoms with Crippen LogP contribution < -0.4 is 9.64 Å². The zero-order chi connectivity index (χ0) is 24.9. The lowest BCUT2D eigenvalue weighted by Crippen LogP contribution is -2.39. The summed E-state index contributed by atoms with van der Waals surface area (Å²) in [5, 5.41) is 4.50. The number of anilines is 1. The summed E-state index contributed by atoms with van der Waals surface area (Å²) in [5.74, 6) is 1.36. The van der Waals surface area contributed by atoms with Gasteiger partial charge < -0.3 is 28.5 Å². The van der Waals surface area contributed by atoms with Gasteiger partial charge in [0, 0.05) is 37.4 Å². The average Bonchev–Trinajstić information content (AvgIpc) is 3.59. The van der Waals surface area contributed by atoms with Crippen molar-refractivity contribution in [2.24, 2.45) is 0 Å². The Kier molecular flexibility index (Phi) is 7.53. The van der Waals surface area contributed by atoms with Crippen LogP contribution in [-0.4, -0.2) is 68.6 Å². The number of aromatic nitrogens is 1. The fourth-order valence-electron chi connectivity index (χ4n) is 4.84. The standard InChI is InChI=1S/C28H33N3O5/c1-20-5-3-6-22(17-20)26-25(28(36-29-26)30-12-15-34-16-13-30)19-31(18-24-7-4-14-35-24)27(32)21-8-10-23(33-2)11-9-21/h3,5-6,8-11,17,24H,4,7,12-16,18-19H2,1-2H3. The number of aryl methyl sites for hydroxylation is 1. The van der Waals surface area contributed by atoms with Crippen LogP contribution in [0.3, 0.4) is 0 Å². The van der Waals surface area contributed by atoms with Crippen LogP contribution in [0.2, 0.25) is 0 Å². The third kappa shape index (κ3) is 5.39. The molecule has 0 saturated carbocycles. The molecule has 0 bridgehead atoms. The van der Waals surface area contributed by atoms with Gasteiger partial charge in [-0.1, -0.05) is 28.9 Å². The Balaban J connectivity index is 1.51. The number of benzene rings is 2. The number of hydrogen-bond donors (Lipinski definition) is 0. The van der Waals surface area contributed by atoms with E-state index >= 15 is 0 Å². The molecule has 2 fully saturated rings. The second-order valence-corrected chi connectivity index (χ2v) is 9.33. The van der Waals surface area contributed by atoms with Crippen molar-refractivity contribution in [1.29, 1.82) is 0 Å². The minimum Gasteiger partial charge on any atom is -0.497 e. The van der Waals surface area contributed by atoms with E-state index in [2.05, 4.69) is 29.1 Å². The topological polar surface area (TPSA) is 77.3 Å². The van der Waals surface area contributed by atoms with E-state index in [1.54, 1.807) is 7.11 Å². The fraction of sp³-hybridized carbons (Fsp3) is 0.429. The maximum atomic E-state index is 13.8. The van der Waals surface area contributed by atoms with E-state index in [1.165, 1.54) is 0 Å². The van der Waals surface area contributed by atoms with Crippen molar-refractivity contribution in [3.8, 4) is 17.0 Å². The SMILES string of the molecule is COc1ccc(C(=O)N(Cc2c(-c3cccc(C)c3)noc2N2CCOCC2)CC2CCCO2)cc1. The predicted octanol–water partition coefficient (Wildman–Crippen LogP) is 4.32. The van der Waals surface area contributed by atoms with Gasteiger partial charge in [-0.25, -0.2) is 0 Å². The van der Waals surface area contributed by atoms with Crippen LogP contribution in [0.25, 0.3) is 11.3 Å². The van der Waals surface area contributed by atoms with E-state index < -0.39 is 0 Å². The Hall–Kier alpha value is -3.36. The lowest BCUT2D eigenvalue weighted by Gasteiger charge is -2.29. The number of hydrogen-bond acceptors (Lipinski definition) is 7. The van der Waals surface area contributed by atoms with Crippen molar-refractivity contribution in [3.05, 3.63) is 65.2 Å². The van der Waals surface area contributed by atoms with Gasteiger partial charge in [-0.15, -0.1) is 0 Å². The van der Waals surface area contributed by atoms with Gasteiger partial charge in [0.15, 0.2) is 0 Å². The quantitative estimate of drug-likeness (QED) is 0.465. The molecule has 1 amide bonds. The summed E-state index contributed by atoms with van der Waals surface area (Å²) < 4.78 is 22.7. The summed E-state index contributed by atoms with van der Waals surface area (Å²) in [7, 11) is 1.62. The molecule has 2 saturated heterocycles. The van der Waals surface area contributed by atoms with Crippen molar-refractivity contribution in [3.63, 3.8) is 0 Å². The Bertz CT molecular complexity index is 1160. The second kappa shape index (κ2) is 11.1. The number of ether oxygens (including phenoxy) is 3. The number of carbonyl (C=O) groups excluding carboxylic acids is 1. The average molecular weight is 492 g/mol. The van der Waals surface area contributed by atoms with E-state index in [0.717, 1.165) is 41.8 Å².